The number of rotatable bonds is 4. The van der Waals surface area contributed by atoms with Crippen LogP contribution in [0.4, 0.5) is 0 Å². The van der Waals surface area contributed by atoms with Gasteiger partial charge in [-0.3, -0.25) is 4.79 Å². The van der Waals surface area contributed by atoms with E-state index in [-0.39, 0.29) is 5.91 Å². The predicted molar refractivity (Wildman–Crippen MR) is 61.8 cm³/mol. The summed E-state index contributed by atoms with van der Waals surface area (Å²) < 4.78 is 0. The number of nitrogens with one attached hydrogen (secondary N) is 1. The molecule has 1 amide bonds. The number of piperazine rings is 1. The molecule has 1 fully saturated rings. The maximum atomic E-state index is 11.7. The summed E-state index contributed by atoms with van der Waals surface area (Å²) >= 11 is 0. The second-order valence-corrected chi connectivity index (χ2v) is 3.72. The molecule has 1 rings (SSSR count). The van der Waals surface area contributed by atoms with Gasteiger partial charge in [-0.1, -0.05) is 13.0 Å². The van der Waals surface area contributed by atoms with Crippen molar-refractivity contribution in [3.63, 3.8) is 0 Å². The lowest BCUT2D eigenvalue weighted by molar-refractivity contribution is -0.127. The van der Waals surface area contributed by atoms with E-state index in [1.54, 1.807) is 6.08 Å². The fourth-order valence-corrected chi connectivity index (χ4v) is 1.67. The minimum Gasteiger partial charge on any atom is -0.337 e. The highest BCUT2D eigenvalue weighted by molar-refractivity contribution is 5.87. The number of nitrogens with zero attached hydrogens (tertiary/aromatic N) is 2. The highest BCUT2D eigenvalue weighted by Crippen LogP contribution is 2.01. The lowest BCUT2D eigenvalue weighted by atomic mass is 10.3. The second kappa shape index (κ2) is 6.58. The van der Waals surface area contributed by atoms with Crippen molar-refractivity contribution < 1.29 is 4.79 Å². The highest BCUT2D eigenvalue weighted by atomic mass is 16.2. The summed E-state index contributed by atoms with van der Waals surface area (Å²) in [5, 5.41) is 2.98. The Kier molecular flexibility index (Phi) is 5.36. The van der Waals surface area contributed by atoms with Gasteiger partial charge in [0.15, 0.2) is 0 Å². The van der Waals surface area contributed by atoms with E-state index in [0.717, 1.165) is 39.3 Å². The fourth-order valence-electron chi connectivity index (χ4n) is 1.67. The Bertz CT molecular complexity index is 220. The molecule has 0 spiro atoms. The molecule has 86 valence electrons. The van der Waals surface area contributed by atoms with E-state index in [0.29, 0.717) is 0 Å². The summed E-state index contributed by atoms with van der Waals surface area (Å²) in [4.78, 5) is 15.9. The molecule has 0 saturated carbocycles. The molecule has 4 heteroatoms. The van der Waals surface area contributed by atoms with E-state index in [1.807, 2.05) is 18.0 Å². The van der Waals surface area contributed by atoms with Crippen molar-refractivity contribution in [2.45, 2.75) is 6.92 Å². The largest absolute Gasteiger partial charge is 0.337 e. The van der Waals surface area contributed by atoms with Gasteiger partial charge in [-0.15, -0.1) is 0 Å². The molecule has 15 heavy (non-hydrogen) atoms. The molecule has 0 aromatic heterocycles. The van der Waals surface area contributed by atoms with E-state index >= 15 is 0 Å². The normalized spacial score (nSPS) is 18.7. The molecule has 0 aliphatic carbocycles. The monoisotopic (exact) mass is 211 g/mol. The van der Waals surface area contributed by atoms with Crippen LogP contribution in [0, 0.1) is 0 Å². The lowest BCUT2D eigenvalue weighted by Gasteiger charge is -2.33. The summed E-state index contributed by atoms with van der Waals surface area (Å²) in [6, 6.07) is 0. The lowest BCUT2D eigenvalue weighted by Crippen LogP contribution is -2.48. The van der Waals surface area contributed by atoms with Crippen LogP contribution in [-0.4, -0.2) is 62.0 Å². The number of likely N-dealkylation sites (N-methyl/N-ethyl adjacent to an activating group) is 2. The maximum absolute atomic E-state index is 11.7. The Morgan fingerprint density at radius 3 is 2.53 bits per heavy atom. The third-order valence-electron chi connectivity index (χ3n) is 2.71. The molecular weight excluding hydrogens is 190 g/mol. The molecule has 0 aromatic carbocycles. The zero-order valence-corrected chi connectivity index (χ0v) is 9.70. The van der Waals surface area contributed by atoms with Gasteiger partial charge in [0, 0.05) is 38.8 Å². The van der Waals surface area contributed by atoms with Crippen LogP contribution in [0.2, 0.25) is 0 Å². The molecule has 0 bridgehead atoms. The van der Waals surface area contributed by atoms with Crippen molar-refractivity contribution in [1.29, 1.82) is 0 Å². The van der Waals surface area contributed by atoms with Gasteiger partial charge in [0.25, 0.3) is 0 Å². The molecular formula is C11H21N3O. The Labute approximate surface area is 91.9 Å². The predicted octanol–water partition coefficient (Wildman–Crippen LogP) is -0.0739. The SMILES string of the molecule is CCN1CCN(C(=O)/C=C/CNC)CC1. The van der Waals surface area contributed by atoms with Gasteiger partial charge in [-0.2, -0.15) is 0 Å². The smallest absolute Gasteiger partial charge is 0.246 e. The van der Waals surface area contributed by atoms with Crippen molar-refractivity contribution in [3.8, 4) is 0 Å². The first-order valence-electron chi connectivity index (χ1n) is 5.60. The summed E-state index contributed by atoms with van der Waals surface area (Å²) in [6.45, 7) is 7.71. The van der Waals surface area contributed by atoms with Gasteiger partial charge >= 0.3 is 0 Å². The summed E-state index contributed by atoms with van der Waals surface area (Å²) in [5.41, 5.74) is 0. The molecule has 0 radical (unpaired) electrons. The average molecular weight is 211 g/mol. The van der Waals surface area contributed by atoms with Crippen molar-refractivity contribution in [3.05, 3.63) is 12.2 Å². The molecule has 4 nitrogen and oxygen atoms in total. The van der Waals surface area contributed by atoms with E-state index in [4.69, 9.17) is 0 Å². The third kappa shape index (κ3) is 4.01. The second-order valence-electron chi connectivity index (χ2n) is 3.72. The quantitative estimate of drug-likeness (QED) is 0.661. The van der Waals surface area contributed by atoms with Gasteiger partial charge < -0.3 is 15.1 Å². The van der Waals surface area contributed by atoms with Crippen molar-refractivity contribution >= 4 is 5.91 Å². The molecule has 1 heterocycles. The first-order valence-corrected chi connectivity index (χ1v) is 5.60. The van der Waals surface area contributed by atoms with Gasteiger partial charge in [-0.05, 0) is 13.6 Å². The third-order valence-corrected chi connectivity index (χ3v) is 2.71. The van der Waals surface area contributed by atoms with Gasteiger partial charge in [-0.25, -0.2) is 0 Å². The van der Waals surface area contributed by atoms with Crippen LogP contribution >= 0.6 is 0 Å². The van der Waals surface area contributed by atoms with Crippen molar-refractivity contribution in [2.24, 2.45) is 0 Å². The van der Waals surface area contributed by atoms with Crippen LogP contribution in [0.3, 0.4) is 0 Å². The standard InChI is InChI=1S/C11H21N3O/c1-3-13-7-9-14(10-8-13)11(15)5-4-6-12-2/h4-5,12H,3,6-10H2,1-2H3/b5-4+. The first-order chi connectivity index (χ1) is 7.27. The number of hydrogen-bond acceptors (Lipinski definition) is 3. The summed E-state index contributed by atoms with van der Waals surface area (Å²) in [7, 11) is 1.87. The number of carbonyl (C=O) groups is 1. The Balaban J connectivity index is 2.30. The topological polar surface area (TPSA) is 35.6 Å². The summed E-state index contributed by atoms with van der Waals surface area (Å²) in [5.74, 6) is 0.140. The van der Waals surface area contributed by atoms with E-state index in [1.165, 1.54) is 0 Å². The zero-order valence-electron chi connectivity index (χ0n) is 9.70. The zero-order chi connectivity index (χ0) is 11.1. The van der Waals surface area contributed by atoms with Gasteiger partial charge in [0.1, 0.15) is 0 Å². The van der Waals surface area contributed by atoms with Crippen LogP contribution in [0.15, 0.2) is 12.2 Å². The number of hydrogen-bond donors (Lipinski definition) is 1. The Morgan fingerprint density at radius 1 is 1.33 bits per heavy atom. The van der Waals surface area contributed by atoms with Gasteiger partial charge in [0.05, 0.1) is 0 Å². The molecule has 1 aliphatic heterocycles. The highest BCUT2D eigenvalue weighted by Gasteiger charge is 2.17. The molecule has 0 aromatic rings. The van der Waals surface area contributed by atoms with Crippen LogP contribution in [0.1, 0.15) is 6.92 Å². The van der Waals surface area contributed by atoms with E-state index < -0.39 is 0 Å². The number of amides is 1. The van der Waals surface area contributed by atoms with Crippen molar-refractivity contribution in [1.82, 2.24) is 15.1 Å². The Hall–Kier alpha value is -0.870. The van der Waals surface area contributed by atoms with Gasteiger partial charge in [0.2, 0.25) is 5.91 Å². The van der Waals surface area contributed by atoms with Crippen LogP contribution in [0.25, 0.3) is 0 Å². The maximum Gasteiger partial charge on any atom is 0.246 e. The molecule has 1 aliphatic rings. The fraction of sp³-hybridized carbons (Fsp3) is 0.727. The Morgan fingerprint density at radius 2 is 2.00 bits per heavy atom. The van der Waals surface area contributed by atoms with Crippen LogP contribution < -0.4 is 5.32 Å². The van der Waals surface area contributed by atoms with Crippen LogP contribution in [0.5, 0.6) is 0 Å². The van der Waals surface area contributed by atoms with Crippen molar-refractivity contribution in [2.75, 3.05) is 46.3 Å². The molecule has 1 N–H and O–H groups in total. The van der Waals surface area contributed by atoms with E-state index in [2.05, 4.69) is 17.1 Å². The minimum atomic E-state index is 0.140. The van der Waals surface area contributed by atoms with Crippen LogP contribution in [-0.2, 0) is 4.79 Å². The first kappa shape index (κ1) is 12.2. The molecule has 0 unspecified atom stereocenters. The molecule has 1 saturated heterocycles. The molecule has 0 atom stereocenters. The summed E-state index contributed by atoms with van der Waals surface area (Å²) in [6.07, 6.45) is 3.53. The average Bonchev–Trinajstić information content (AvgIpc) is 2.29. The van der Waals surface area contributed by atoms with E-state index in [9.17, 15) is 4.79 Å². The minimum absolute atomic E-state index is 0.140. The number of carbonyl (C=O) groups excluding carboxylic acids is 1.